The van der Waals surface area contributed by atoms with E-state index in [2.05, 4.69) is 66.9 Å². The summed E-state index contributed by atoms with van der Waals surface area (Å²) in [5, 5.41) is 0. The van der Waals surface area contributed by atoms with Crippen molar-refractivity contribution >= 4 is 11.6 Å². The molecular formula is C33H39NO2. The minimum Gasteiger partial charge on any atom is -0.300 e. The molecule has 1 unspecified atom stereocenters. The van der Waals surface area contributed by atoms with Gasteiger partial charge in [0.15, 0.2) is 5.78 Å². The third-order valence-corrected chi connectivity index (χ3v) is 5.97. The van der Waals surface area contributed by atoms with E-state index < -0.39 is 0 Å². The molecule has 0 spiro atoms. The van der Waals surface area contributed by atoms with Crippen molar-refractivity contribution in [3.8, 4) is 0 Å². The van der Waals surface area contributed by atoms with Gasteiger partial charge in [0.1, 0.15) is 5.78 Å². The first-order valence-electron chi connectivity index (χ1n) is 12.6. The van der Waals surface area contributed by atoms with Crippen LogP contribution in [0, 0.1) is 0 Å². The number of hydrogen-bond acceptors (Lipinski definition) is 3. The Balaban J connectivity index is 0.000000319. The van der Waals surface area contributed by atoms with Crippen LogP contribution >= 0.6 is 0 Å². The standard InChI is InChI=1S/C22H27NO.C11H12O/c1-4-15-23(19(3)21-13-9-6-10-14-21)22(16-18(2)24)17-20-11-7-5-8-12-20;1-10(12)6-5-9-11-7-3-2-4-8-11/h4-14,19,22H,1,15-17H2,2-3H3;2-8H,9H2,1H3/b;6-5+/t19-,22?;/m1./s1. The summed E-state index contributed by atoms with van der Waals surface area (Å²) in [6.45, 7) is 10.1. The predicted octanol–water partition coefficient (Wildman–Crippen LogP) is 7.20. The van der Waals surface area contributed by atoms with E-state index in [0.717, 1.165) is 19.4 Å². The molecule has 2 atom stereocenters. The van der Waals surface area contributed by atoms with Crippen LogP contribution in [0.4, 0.5) is 0 Å². The Hall–Kier alpha value is -3.56. The highest BCUT2D eigenvalue weighted by molar-refractivity contribution is 5.87. The molecule has 0 amide bonds. The molecule has 0 aliphatic heterocycles. The predicted molar refractivity (Wildman–Crippen MR) is 151 cm³/mol. The average Bonchev–Trinajstić information content (AvgIpc) is 2.88. The molecule has 0 heterocycles. The molecule has 0 radical (unpaired) electrons. The van der Waals surface area contributed by atoms with Gasteiger partial charge in [-0.3, -0.25) is 14.5 Å². The maximum atomic E-state index is 11.9. The Morgan fingerprint density at radius 2 is 1.36 bits per heavy atom. The number of benzene rings is 3. The van der Waals surface area contributed by atoms with Gasteiger partial charge in [-0.1, -0.05) is 103 Å². The maximum absolute atomic E-state index is 11.9. The highest BCUT2D eigenvalue weighted by Gasteiger charge is 2.25. The molecule has 0 aliphatic carbocycles. The van der Waals surface area contributed by atoms with Gasteiger partial charge in [-0.15, -0.1) is 6.58 Å². The molecule has 36 heavy (non-hydrogen) atoms. The van der Waals surface area contributed by atoms with Gasteiger partial charge in [-0.25, -0.2) is 0 Å². The van der Waals surface area contributed by atoms with Crippen molar-refractivity contribution in [2.45, 2.75) is 52.1 Å². The molecule has 3 rings (SSSR count). The van der Waals surface area contributed by atoms with E-state index in [1.807, 2.05) is 54.6 Å². The Kier molecular flexibility index (Phi) is 12.9. The maximum Gasteiger partial charge on any atom is 0.152 e. The largest absolute Gasteiger partial charge is 0.300 e. The van der Waals surface area contributed by atoms with Gasteiger partial charge in [0.05, 0.1) is 0 Å². The Bertz CT molecular complexity index is 1070. The zero-order valence-corrected chi connectivity index (χ0v) is 21.8. The lowest BCUT2D eigenvalue weighted by molar-refractivity contribution is -0.118. The van der Waals surface area contributed by atoms with Crippen LogP contribution in [0.15, 0.2) is 116 Å². The number of carbonyl (C=O) groups excluding carboxylic acids is 2. The minimum atomic E-state index is 0.103. The van der Waals surface area contributed by atoms with E-state index in [9.17, 15) is 9.59 Å². The quantitative estimate of drug-likeness (QED) is 0.203. The summed E-state index contributed by atoms with van der Waals surface area (Å²) >= 11 is 0. The van der Waals surface area contributed by atoms with Crippen molar-refractivity contribution in [3.63, 3.8) is 0 Å². The fourth-order valence-electron chi connectivity index (χ4n) is 4.20. The normalized spacial score (nSPS) is 12.4. The van der Waals surface area contributed by atoms with Gasteiger partial charge in [-0.2, -0.15) is 0 Å². The highest BCUT2D eigenvalue weighted by Crippen LogP contribution is 2.25. The summed E-state index contributed by atoms with van der Waals surface area (Å²) in [5.74, 6) is 0.330. The number of nitrogens with zero attached hydrogens (tertiary/aromatic N) is 1. The second kappa shape index (κ2) is 16.2. The van der Waals surface area contributed by atoms with Crippen molar-refractivity contribution in [2.24, 2.45) is 0 Å². The van der Waals surface area contributed by atoms with Crippen LogP contribution in [-0.2, 0) is 22.4 Å². The Morgan fingerprint density at radius 3 is 1.86 bits per heavy atom. The zero-order chi connectivity index (χ0) is 26.2. The van der Waals surface area contributed by atoms with E-state index in [1.54, 1.807) is 19.9 Å². The molecule has 0 saturated carbocycles. The first-order valence-corrected chi connectivity index (χ1v) is 12.6. The topological polar surface area (TPSA) is 37.4 Å². The summed E-state index contributed by atoms with van der Waals surface area (Å²) in [6.07, 6.45) is 7.67. The first-order chi connectivity index (χ1) is 17.4. The molecule has 3 heteroatoms. The second-order valence-electron chi connectivity index (χ2n) is 9.02. The van der Waals surface area contributed by atoms with Crippen molar-refractivity contribution in [1.29, 1.82) is 0 Å². The van der Waals surface area contributed by atoms with Gasteiger partial charge >= 0.3 is 0 Å². The summed E-state index contributed by atoms with van der Waals surface area (Å²) in [6, 6.07) is 31.3. The van der Waals surface area contributed by atoms with Crippen molar-refractivity contribution in [2.75, 3.05) is 6.54 Å². The molecular weight excluding hydrogens is 442 g/mol. The van der Waals surface area contributed by atoms with E-state index >= 15 is 0 Å². The summed E-state index contributed by atoms with van der Waals surface area (Å²) < 4.78 is 0. The number of allylic oxidation sites excluding steroid dienone is 2. The van der Waals surface area contributed by atoms with Crippen molar-refractivity contribution < 1.29 is 9.59 Å². The van der Waals surface area contributed by atoms with Crippen LogP contribution in [0.1, 0.15) is 49.9 Å². The van der Waals surface area contributed by atoms with Gasteiger partial charge in [-0.05, 0) is 56.4 Å². The molecule has 0 aromatic heterocycles. The number of ketones is 2. The lowest BCUT2D eigenvalue weighted by Gasteiger charge is -2.36. The second-order valence-corrected chi connectivity index (χ2v) is 9.02. The molecule has 188 valence electrons. The van der Waals surface area contributed by atoms with Gasteiger partial charge < -0.3 is 0 Å². The zero-order valence-electron chi connectivity index (χ0n) is 21.8. The molecule has 3 nitrogen and oxygen atoms in total. The molecule has 0 N–H and O–H groups in total. The monoisotopic (exact) mass is 481 g/mol. The molecule has 3 aromatic rings. The Morgan fingerprint density at radius 1 is 0.833 bits per heavy atom. The lowest BCUT2D eigenvalue weighted by Crippen LogP contribution is -2.40. The molecule has 3 aromatic carbocycles. The third kappa shape index (κ3) is 10.8. The summed E-state index contributed by atoms with van der Waals surface area (Å²) in [5.41, 5.74) is 3.76. The number of Topliss-reactive ketones (excluding diaryl/α,β-unsaturated/α-hetero) is 1. The summed E-state index contributed by atoms with van der Waals surface area (Å²) in [7, 11) is 0. The van der Waals surface area contributed by atoms with E-state index in [-0.39, 0.29) is 23.7 Å². The van der Waals surface area contributed by atoms with Crippen LogP contribution < -0.4 is 0 Å². The van der Waals surface area contributed by atoms with Crippen LogP contribution in [0.3, 0.4) is 0 Å². The van der Waals surface area contributed by atoms with E-state index in [1.165, 1.54) is 16.7 Å². The van der Waals surface area contributed by atoms with Gasteiger partial charge in [0, 0.05) is 25.0 Å². The number of carbonyl (C=O) groups is 2. The summed E-state index contributed by atoms with van der Waals surface area (Å²) in [4.78, 5) is 24.8. The molecule has 0 bridgehead atoms. The van der Waals surface area contributed by atoms with Gasteiger partial charge in [0.2, 0.25) is 0 Å². The fraction of sp³-hybridized carbons (Fsp3) is 0.273. The fourth-order valence-corrected chi connectivity index (χ4v) is 4.20. The van der Waals surface area contributed by atoms with Crippen LogP contribution in [0.2, 0.25) is 0 Å². The lowest BCUT2D eigenvalue weighted by atomic mass is 9.96. The molecule has 0 aliphatic rings. The first kappa shape index (κ1) is 28.7. The number of hydrogen-bond donors (Lipinski definition) is 0. The Labute approximate surface area is 217 Å². The average molecular weight is 482 g/mol. The van der Waals surface area contributed by atoms with E-state index in [4.69, 9.17) is 0 Å². The van der Waals surface area contributed by atoms with Crippen LogP contribution in [0.25, 0.3) is 0 Å². The minimum absolute atomic E-state index is 0.103. The van der Waals surface area contributed by atoms with E-state index in [0.29, 0.717) is 6.42 Å². The highest BCUT2D eigenvalue weighted by atomic mass is 16.1. The van der Waals surface area contributed by atoms with Crippen LogP contribution in [-0.4, -0.2) is 29.1 Å². The van der Waals surface area contributed by atoms with Crippen molar-refractivity contribution in [3.05, 3.63) is 132 Å². The SMILES string of the molecule is C=CCN(C(CC(C)=O)Cc1ccccc1)[C@H](C)c1ccccc1.CC(=O)/C=C/Cc1ccccc1. The molecule has 0 saturated heterocycles. The third-order valence-electron chi connectivity index (χ3n) is 5.97. The van der Waals surface area contributed by atoms with Crippen molar-refractivity contribution in [1.82, 2.24) is 4.90 Å². The smallest absolute Gasteiger partial charge is 0.152 e. The van der Waals surface area contributed by atoms with Gasteiger partial charge in [0.25, 0.3) is 0 Å². The molecule has 0 fully saturated rings. The number of rotatable bonds is 12. The van der Waals surface area contributed by atoms with Crippen LogP contribution in [0.5, 0.6) is 0 Å².